The number of nitrogens with one attached hydrogen (secondary N) is 1. The van der Waals surface area contributed by atoms with Crippen LogP contribution in [-0.4, -0.2) is 42.3 Å². The largest absolute Gasteiger partial charge is 0.449 e. The fourth-order valence-electron chi connectivity index (χ4n) is 2.42. The van der Waals surface area contributed by atoms with E-state index in [2.05, 4.69) is 31.0 Å². The highest BCUT2D eigenvalue weighted by molar-refractivity contribution is 5.68. The van der Waals surface area contributed by atoms with Crippen molar-refractivity contribution in [2.24, 2.45) is 5.92 Å². The normalized spacial score (nSPS) is 24.0. The predicted octanol–water partition coefficient (Wildman–Crippen LogP) is 2.39. The SMILES string of the molecule is CC(C)N1CCC(C)(NC(=O)OCC2CC2)CC1. The molecule has 0 bridgehead atoms. The average molecular weight is 254 g/mol. The third-order valence-electron chi connectivity index (χ3n) is 4.18. The quantitative estimate of drug-likeness (QED) is 0.837. The topological polar surface area (TPSA) is 41.6 Å². The molecule has 0 aromatic heterocycles. The maximum atomic E-state index is 11.7. The number of amides is 1. The molecule has 1 aliphatic heterocycles. The van der Waals surface area contributed by atoms with Crippen molar-refractivity contribution in [2.75, 3.05) is 19.7 Å². The van der Waals surface area contributed by atoms with Gasteiger partial charge in [-0.05, 0) is 52.4 Å². The molecule has 1 saturated heterocycles. The number of hydrogen-bond donors (Lipinski definition) is 1. The monoisotopic (exact) mass is 254 g/mol. The van der Waals surface area contributed by atoms with Crippen molar-refractivity contribution in [1.82, 2.24) is 10.2 Å². The lowest BCUT2D eigenvalue weighted by Crippen LogP contribution is -2.54. The Hall–Kier alpha value is -0.770. The number of alkyl carbamates (subject to hydrolysis) is 1. The summed E-state index contributed by atoms with van der Waals surface area (Å²) in [6.07, 6.45) is 4.21. The summed E-state index contributed by atoms with van der Waals surface area (Å²) in [5, 5.41) is 3.05. The van der Waals surface area contributed by atoms with Gasteiger partial charge < -0.3 is 15.0 Å². The van der Waals surface area contributed by atoms with Gasteiger partial charge in [0.15, 0.2) is 0 Å². The molecule has 1 amide bonds. The molecule has 4 nitrogen and oxygen atoms in total. The summed E-state index contributed by atoms with van der Waals surface area (Å²) in [7, 11) is 0. The number of carbonyl (C=O) groups excluding carboxylic acids is 1. The first-order chi connectivity index (χ1) is 8.48. The average Bonchev–Trinajstić information content (AvgIpc) is 3.10. The number of nitrogens with zero attached hydrogens (tertiary/aromatic N) is 1. The minimum Gasteiger partial charge on any atom is -0.449 e. The Labute approximate surface area is 110 Å². The van der Waals surface area contributed by atoms with Crippen LogP contribution in [0.25, 0.3) is 0 Å². The zero-order valence-electron chi connectivity index (χ0n) is 11.9. The molecule has 1 N–H and O–H groups in total. The first-order valence-corrected chi connectivity index (χ1v) is 7.17. The molecule has 1 heterocycles. The minimum atomic E-state index is -0.234. The van der Waals surface area contributed by atoms with Crippen LogP contribution >= 0.6 is 0 Å². The fourth-order valence-corrected chi connectivity index (χ4v) is 2.42. The van der Waals surface area contributed by atoms with Gasteiger partial charge in [-0.2, -0.15) is 0 Å². The van der Waals surface area contributed by atoms with Crippen molar-refractivity contribution >= 4 is 6.09 Å². The van der Waals surface area contributed by atoms with Gasteiger partial charge in [0.2, 0.25) is 0 Å². The molecule has 0 unspecified atom stereocenters. The van der Waals surface area contributed by atoms with E-state index < -0.39 is 0 Å². The van der Waals surface area contributed by atoms with E-state index in [1.54, 1.807) is 0 Å². The summed E-state index contributed by atoms with van der Waals surface area (Å²) >= 11 is 0. The van der Waals surface area contributed by atoms with Crippen molar-refractivity contribution in [1.29, 1.82) is 0 Å². The molecular formula is C14H26N2O2. The molecule has 0 spiro atoms. The molecule has 104 valence electrons. The van der Waals surface area contributed by atoms with Crippen molar-refractivity contribution in [3.05, 3.63) is 0 Å². The third-order valence-corrected chi connectivity index (χ3v) is 4.18. The summed E-state index contributed by atoms with van der Waals surface area (Å²) < 4.78 is 5.24. The lowest BCUT2D eigenvalue weighted by molar-refractivity contribution is 0.0963. The summed E-state index contributed by atoms with van der Waals surface area (Å²) in [5.74, 6) is 0.631. The van der Waals surface area contributed by atoms with E-state index in [-0.39, 0.29) is 11.6 Å². The first-order valence-electron chi connectivity index (χ1n) is 7.17. The number of hydrogen-bond acceptors (Lipinski definition) is 3. The summed E-state index contributed by atoms with van der Waals surface area (Å²) in [5.41, 5.74) is -0.0912. The molecule has 4 heteroatoms. The number of rotatable bonds is 4. The maximum absolute atomic E-state index is 11.7. The maximum Gasteiger partial charge on any atom is 0.407 e. The minimum absolute atomic E-state index is 0.0912. The van der Waals surface area contributed by atoms with Crippen LogP contribution in [0.1, 0.15) is 46.5 Å². The van der Waals surface area contributed by atoms with E-state index in [1.807, 2.05) is 0 Å². The molecular weight excluding hydrogens is 228 g/mol. The Balaban J connectivity index is 1.72. The summed E-state index contributed by atoms with van der Waals surface area (Å²) in [6.45, 7) is 9.28. The smallest absolute Gasteiger partial charge is 0.407 e. The number of carbonyl (C=O) groups is 1. The highest BCUT2D eigenvalue weighted by Gasteiger charge is 2.33. The van der Waals surface area contributed by atoms with Gasteiger partial charge in [0.1, 0.15) is 0 Å². The van der Waals surface area contributed by atoms with Crippen molar-refractivity contribution in [2.45, 2.75) is 58.0 Å². The van der Waals surface area contributed by atoms with Gasteiger partial charge in [0, 0.05) is 24.7 Å². The molecule has 18 heavy (non-hydrogen) atoms. The van der Waals surface area contributed by atoms with Gasteiger partial charge in [-0.3, -0.25) is 0 Å². The van der Waals surface area contributed by atoms with Gasteiger partial charge in [0.05, 0.1) is 6.61 Å². The molecule has 0 aromatic rings. The summed E-state index contributed by atoms with van der Waals surface area (Å²) in [6, 6.07) is 0.594. The Morgan fingerprint density at radius 1 is 1.39 bits per heavy atom. The fraction of sp³-hybridized carbons (Fsp3) is 0.929. The van der Waals surface area contributed by atoms with Gasteiger partial charge in [-0.15, -0.1) is 0 Å². The molecule has 0 atom stereocenters. The molecule has 1 aliphatic carbocycles. The second kappa shape index (κ2) is 5.47. The predicted molar refractivity (Wildman–Crippen MR) is 71.6 cm³/mol. The molecule has 0 radical (unpaired) electrons. The number of likely N-dealkylation sites (tertiary alicyclic amines) is 1. The van der Waals surface area contributed by atoms with E-state index in [9.17, 15) is 4.79 Å². The zero-order chi connectivity index (χ0) is 13.2. The van der Waals surface area contributed by atoms with Crippen LogP contribution in [0, 0.1) is 5.92 Å². The van der Waals surface area contributed by atoms with Crippen LogP contribution in [-0.2, 0) is 4.74 Å². The molecule has 1 saturated carbocycles. The van der Waals surface area contributed by atoms with E-state index >= 15 is 0 Å². The Bertz CT molecular complexity index is 292. The van der Waals surface area contributed by atoms with Crippen molar-refractivity contribution < 1.29 is 9.53 Å². The van der Waals surface area contributed by atoms with E-state index in [0.29, 0.717) is 18.6 Å². The molecule has 2 aliphatic rings. The second-order valence-electron chi connectivity index (χ2n) is 6.36. The van der Waals surface area contributed by atoms with Crippen LogP contribution < -0.4 is 5.32 Å². The van der Waals surface area contributed by atoms with Crippen LogP contribution in [0.15, 0.2) is 0 Å². The molecule has 2 rings (SSSR count). The Kier molecular flexibility index (Phi) is 4.15. The van der Waals surface area contributed by atoms with E-state index in [0.717, 1.165) is 25.9 Å². The van der Waals surface area contributed by atoms with Crippen molar-refractivity contribution in [3.8, 4) is 0 Å². The van der Waals surface area contributed by atoms with Gasteiger partial charge in [-0.1, -0.05) is 0 Å². The van der Waals surface area contributed by atoms with Gasteiger partial charge in [-0.25, -0.2) is 4.79 Å². The standard InChI is InChI=1S/C14H26N2O2/c1-11(2)16-8-6-14(3,7-9-16)15-13(17)18-10-12-4-5-12/h11-12H,4-10H2,1-3H3,(H,15,17). The second-order valence-corrected chi connectivity index (χ2v) is 6.36. The van der Waals surface area contributed by atoms with Gasteiger partial charge >= 0.3 is 6.09 Å². The van der Waals surface area contributed by atoms with E-state index in [1.165, 1.54) is 12.8 Å². The highest BCUT2D eigenvalue weighted by atomic mass is 16.5. The number of ether oxygens (including phenoxy) is 1. The van der Waals surface area contributed by atoms with E-state index in [4.69, 9.17) is 4.74 Å². The van der Waals surface area contributed by atoms with Crippen molar-refractivity contribution in [3.63, 3.8) is 0 Å². The van der Waals surface area contributed by atoms with Crippen LogP contribution in [0.4, 0.5) is 4.79 Å². The highest BCUT2D eigenvalue weighted by Crippen LogP contribution is 2.29. The summed E-state index contributed by atoms with van der Waals surface area (Å²) in [4.78, 5) is 14.2. The third kappa shape index (κ3) is 3.87. The molecule has 0 aromatic carbocycles. The lowest BCUT2D eigenvalue weighted by Gasteiger charge is -2.41. The number of piperidine rings is 1. The Morgan fingerprint density at radius 2 is 2.00 bits per heavy atom. The van der Waals surface area contributed by atoms with Gasteiger partial charge in [0.25, 0.3) is 0 Å². The zero-order valence-corrected chi connectivity index (χ0v) is 11.9. The molecule has 2 fully saturated rings. The first kappa shape index (κ1) is 13.7. The lowest BCUT2D eigenvalue weighted by atomic mass is 9.89. The Morgan fingerprint density at radius 3 is 2.50 bits per heavy atom. The van der Waals surface area contributed by atoms with Crippen LogP contribution in [0.2, 0.25) is 0 Å². The van der Waals surface area contributed by atoms with Crippen LogP contribution in [0.5, 0.6) is 0 Å². The van der Waals surface area contributed by atoms with Crippen LogP contribution in [0.3, 0.4) is 0 Å².